The van der Waals surface area contributed by atoms with Crippen molar-refractivity contribution in [3.05, 3.63) is 78.9 Å². The van der Waals surface area contributed by atoms with Gasteiger partial charge in [-0.1, -0.05) is 30.3 Å². The maximum Gasteiger partial charge on any atom is 0.240 e. The summed E-state index contributed by atoms with van der Waals surface area (Å²) < 4.78 is 40.1. The van der Waals surface area contributed by atoms with Crippen molar-refractivity contribution in [2.45, 2.75) is 10.1 Å². The van der Waals surface area contributed by atoms with E-state index in [-0.39, 0.29) is 15.9 Å². The molecule has 3 aromatic carbocycles. The Hall–Kier alpha value is -2.99. The Morgan fingerprint density at radius 3 is 2.23 bits per heavy atom. The Morgan fingerprint density at radius 1 is 0.885 bits per heavy atom. The zero-order valence-corrected chi connectivity index (χ0v) is 14.7. The van der Waals surface area contributed by atoms with Crippen LogP contribution in [-0.2, 0) is 16.9 Å². The Labute approximate surface area is 150 Å². The predicted octanol–water partition coefficient (Wildman–Crippen LogP) is 4.21. The average molecular weight is 366 g/mol. The Morgan fingerprint density at radius 2 is 1.54 bits per heavy atom. The van der Waals surface area contributed by atoms with Gasteiger partial charge in [-0.3, -0.25) is 0 Å². The first-order chi connectivity index (χ1) is 12.4. The van der Waals surface area contributed by atoms with Crippen molar-refractivity contribution in [3.8, 4) is 11.1 Å². The van der Waals surface area contributed by atoms with Crippen LogP contribution in [0, 0.1) is 5.82 Å². The molecule has 26 heavy (non-hydrogen) atoms. The number of aromatic nitrogens is 2. The van der Waals surface area contributed by atoms with Gasteiger partial charge < -0.3 is 4.57 Å². The number of sulfone groups is 1. The zero-order valence-electron chi connectivity index (χ0n) is 13.9. The molecule has 0 saturated carbocycles. The maximum absolute atomic E-state index is 13.1. The minimum atomic E-state index is -3.67. The molecule has 4 rings (SSSR count). The number of hydrogen-bond acceptors (Lipinski definition) is 3. The monoisotopic (exact) mass is 366 g/mol. The number of fused-ring (bicyclic) bond motifs is 1. The number of halogens is 1. The van der Waals surface area contributed by atoms with E-state index >= 15 is 0 Å². The predicted molar refractivity (Wildman–Crippen MR) is 98.0 cm³/mol. The standard InChI is InChI=1S/C20H15FN2O2S/c1-23-11-10-22-20(23)26(24,25)19-9-6-16-12-15(2-3-17(16)13-19)14-4-7-18(21)8-5-14/h2-13H,1H3. The highest BCUT2D eigenvalue weighted by molar-refractivity contribution is 7.91. The summed E-state index contributed by atoms with van der Waals surface area (Å²) in [5.74, 6) is -0.279. The highest BCUT2D eigenvalue weighted by Gasteiger charge is 2.22. The topological polar surface area (TPSA) is 52.0 Å². The summed E-state index contributed by atoms with van der Waals surface area (Å²) in [6.07, 6.45) is 3.06. The van der Waals surface area contributed by atoms with Gasteiger partial charge in [0.15, 0.2) is 0 Å². The summed E-state index contributed by atoms with van der Waals surface area (Å²) in [6.45, 7) is 0. The normalized spacial score (nSPS) is 11.8. The molecule has 1 aromatic heterocycles. The van der Waals surface area contributed by atoms with Crippen molar-refractivity contribution in [3.63, 3.8) is 0 Å². The molecule has 4 nitrogen and oxygen atoms in total. The molecule has 0 unspecified atom stereocenters. The van der Waals surface area contributed by atoms with Gasteiger partial charge in [0.2, 0.25) is 15.0 Å². The largest absolute Gasteiger partial charge is 0.325 e. The molecule has 1 heterocycles. The first-order valence-corrected chi connectivity index (χ1v) is 9.46. The number of imidazole rings is 1. The molecule has 0 aliphatic heterocycles. The highest BCUT2D eigenvalue weighted by Crippen LogP contribution is 2.28. The van der Waals surface area contributed by atoms with Gasteiger partial charge >= 0.3 is 0 Å². The summed E-state index contributed by atoms with van der Waals surface area (Å²) in [4.78, 5) is 4.15. The van der Waals surface area contributed by atoms with Gasteiger partial charge in [-0.2, -0.15) is 0 Å². The summed E-state index contributed by atoms with van der Waals surface area (Å²) >= 11 is 0. The van der Waals surface area contributed by atoms with Crippen LogP contribution in [0.1, 0.15) is 0 Å². The molecular formula is C20H15FN2O2S. The second-order valence-corrected chi connectivity index (χ2v) is 7.90. The van der Waals surface area contributed by atoms with E-state index in [1.165, 1.54) is 22.9 Å². The fourth-order valence-corrected chi connectivity index (χ4v) is 4.31. The fourth-order valence-electron chi connectivity index (χ4n) is 2.93. The van der Waals surface area contributed by atoms with Crippen molar-refractivity contribution < 1.29 is 12.8 Å². The lowest BCUT2D eigenvalue weighted by molar-refractivity contribution is 0.579. The van der Waals surface area contributed by atoms with Gasteiger partial charge in [-0.15, -0.1) is 0 Å². The molecule has 6 heteroatoms. The van der Waals surface area contributed by atoms with E-state index in [4.69, 9.17) is 0 Å². The van der Waals surface area contributed by atoms with Gasteiger partial charge in [0.1, 0.15) is 5.82 Å². The van der Waals surface area contributed by atoms with Crippen LogP contribution in [0.15, 0.2) is 83.1 Å². The van der Waals surface area contributed by atoms with Crippen molar-refractivity contribution >= 4 is 20.6 Å². The van der Waals surface area contributed by atoms with Crippen LogP contribution in [0.5, 0.6) is 0 Å². The number of hydrogen-bond donors (Lipinski definition) is 0. The van der Waals surface area contributed by atoms with E-state index in [0.717, 1.165) is 21.9 Å². The van der Waals surface area contributed by atoms with E-state index < -0.39 is 9.84 Å². The molecule has 0 saturated heterocycles. The van der Waals surface area contributed by atoms with Gasteiger partial charge in [0, 0.05) is 19.4 Å². The van der Waals surface area contributed by atoms with Crippen LogP contribution >= 0.6 is 0 Å². The van der Waals surface area contributed by atoms with E-state index in [9.17, 15) is 12.8 Å². The molecule has 0 bridgehead atoms. The lowest BCUT2D eigenvalue weighted by atomic mass is 10.0. The van der Waals surface area contributed by atoms with E-state index in [2.05, 4.69) is 4.98 Å². The number of rotatable bonds is 3. The minimum absolute atomic E-state index is 0.0137. The third-order valence-corrected chi connectivity index (χ3v) is 6.07. The molecule has 4 aromatic rings. The molecular weight excluding hydrogens is 351 g/mol. The smallest absolute Gasteiger partial charge is 0.240 e. The quantitative estimate of drug-likeness (QED) is 0.546. The highest BCUT2D eigenvalue weighted by atomic mass is 32.2. The Balaban J connectivity index is 1.78. The second-order valence-electron chi connectivity index (χ2n) is 6.05. The molecule has 130 valence electrons. The molecule has 0 spiro atoms. The van der Waals surface area contributed by atoms with Crippen molar-refractivity contribution in [2.75, 3.05) is 0 Å². The van der Waals surface area contributed by atoms with Crippen LogP contribution in [0.2, 0.25) is 0 Å². The summed E-state index contributed by atoms with van der Waals surface area (Å²) in [5.41, 5.74) is 1.84. The molecule has 0 aliphatic carbocycles. The first kappa shape index (κ1) is 16.5. The Kier molecular flexibility index (Phi) is 3.85. The number of aryl methyl sites for hydroxylation is 1. The van der Waals surface area contributed by atoms with Gasteiger partial charge in [-0.25, -0.2) is 17.8 Å². The average Bonchev–Trinajstić information content (AvgIpc) is 3.08. The molecule has 0 fully saturated rings. The van der Waals surface area contributed by atoms with Gasteiger partial charge in [0.05, 0.1) is 4.90 Å². The van der Waals surface area contributed by atoms with E-state index in [1.54, 1.807) is 43.6 Å². The van der Waals surface area contributed by atoms with Crippen molar-refractivity contribution in [1.29, 1.82) is 0 Å². The first-order valence-electron chi connectivity index (χ1n) is 7.97. The van der Waals surface area contributed by atoms with Crippen LogP contribution in [0.25, 0.3) is 21.9 Å². The van der Waals surface area contributed by atoms with E-state index in [1.807, 2.05) is 18.2 Å². The SMILES string of the molecule is Cn1ccnc1S(=O)(=O)c1ccc2cc(-c3ccc(F)cc3)ccc2c1. The lowest BCUT2D eigenvalue weighted by Crippen LogP contribution is -2.08. The summed E-state index contributed by atoms with van der Waals surface area (Å²) in [5, 5.41) is 1.73. The molecule has 0 atom stereocenters. The fraction of sp³-hybridized carbons (Fsp3) is 0.0500. The summed E-state index contributed by atoms with van der Waals surface area (Å²) in [7, 11) is -2.03. The van der Waals surface area contributed by atoms with Crippen LogP contribution in [-0.4, -0.2) is 18.0 Å². The number of benzene rings is 3. The van der Waals surface area contributed by atoms with E-state index in [0.29, 0.717) is 0 Å². The zero-order chi connectivity index (χ0) is 18.3. The van der Waals surface area contributed by atoms with Crippen molar-refractivity contribution in [1.82, 2.24) is 9.55 Å². The molecule has 0 aliphatic rings. The van der Waals surface area contributed by atoms with Gasteiger partial charge in [-0.05, 0) is 52.2 Å². The molecule has 0 radical (unpaired) electrons. The third kappa shape index (κ3) is 2.78. The minimum Gasteiger partial charge on any atom is -0.325 e. The maximum atomic E-state index is 13.1. The molecule has 0 N–H and O–H groups in total. The third-order valence-electron chi connectivity index (χ3n) is 4.32. The van der Waals surface area contributed by atoms with Crippen molar-refractivity contribution in [2.24, 2.45) is 7.05 Å². The summed E-state index contributed by atoms with van der Waals surface area (Å²) in [6, 6.07) is 17.0. The second kappa shape index (κ2) is 6.07. The Bertz CT molecular complexity index is 1210. The number of nitrogens with zero attached hydrogens (tertiary/aromatic N) is 2. The van der Waals surface area contributed by atoms with Crippen LogP contribution < -0.4 is 0 Å². The van der Waals surface area contributed by atoms with Crippen LogP contribution in [0.4, 0.5) is 4.39 Å². The van der Waals surface area contributed by atoms with Gasteiger partial charge in [0.25, 0.3) is 0 Å². The lowest BCUT2D eigenvalue weighted by Gasteiger charge is -2.08. The van der Waals surface area contributed by atoms with Crippen LogP contribution in [0.3, 0.4) is 0 Å². The molecule has 0 amide bonds.